The van der Waals surface area contributed by atoms with Crippen molar-refractivity contribution in [2.24, 2.45) is 0 Å². The zero-order valence-corrected chi connectivity index (χ0v) is 11.6. The molecule has 1 aliphatic rings. The number of rotatable bonds is 2. The number of nitrogen functional groups attached to an aromatic ring is 1. The van der Waals surface area contributed by atoms with Gasteiger partial charge >= 0.3 is 0 Å². The van der Waals surface area contributed by atoms with E-state index in [1.807, 2.05) is 0 Å². The van der Waals surface area contributed by atoms with Gasteiger partial charge in [0.1, 0.15) is 5.82 Å². The van der Waals surface area contributed by atoms with Crippen molar-refractivity contribution in [1.82, 2.24) is 14.9 Å². The molecule has 2 N–H and O–H groups in total. The summed E-state index contributed by atoms with van der Waals surface area (Å²) < 4.78 is 13.8. The minimum Gasteiger partial charge on any atom is -0.368 e. The molecule has 6 heteroatoms. The highest BCUT2D eigenvalue weighted by molar-refractivity contribution is 6.31. The van der Waals surface area contributed by atoms with Crippen LogP contribution in [0.3, 0.4) is 0 Å². The SMILES string of the molecule is Nc1ncc2c(n1)CCN(Cc1c(F)cccc1Cl)C2. The van der Waals surface area contributed by atoms with Crippen molar-refractivity contribution < 1.29 is 4.39 Å². The smallest absolute Gasteiger partial charge is 0.220 e. The van der Waals surface area contributed by atoms with Crippen LogP contribution < -0.4 is 5.73 Å². The number of hydrogen-bond donors (Lipinski definition) is 1. The van der Waals surface area contributed by atoms with Crippen LogP contribution in [0.4, 0.5) is 10.3 Å². The van der Waals surface area contributed by atoms with Crippen LogP contribution in [0, 0.1) is 5.82 Å². The second-order valence-electron chi connectivity index (χ2n) is 4.86. The van der Waals surface area contributed by atoms with Crippen LogP contribution in [-0.2, 0) is 19.5 Å². The van der Waals surface area contributed by atoms with Crippen molar-refractivity contribution in [2.75, 3.05) is 12.3 Å². The number of benzene rings is 1. The third kappa shape index (κ3) is 2.59. The maximum absolute atomic E-state index is 13.8. The van der Waals surface area contributed by atoms with Gasteiger partial charge in [-0.2, -0.15) is 0 Å². The van der Waals surface area contributed by atoms with Crippen molar-refractivity contribution in [2.45, 2.75) is 19.5 Å². The first-order valence-corrected chi connectivity index (χ1v) is 6.77. The first-order valence-electron chi connectivity index (χ1n) is 6.39. The minimum absolute atomic E-state index is 0.267. The quantitative estimate of drug-likeness (QED) is 0.923. The van der Waals surface area contributed by atoms with Gasteiger partial charge in [0.15, 0.2) is 0 Å². The van der Waals surface area contributed by atoms with E-state index < -0.39 is 0 Å². The number of nitrogens with two attached hydrogens (primary N) is 1. The molecule has 2 heterocycles. The Balaban J connectivity index is 1.79. The van der Waals surface area contributed by atoms with E-state index in [0.29, 0.717) is 29.6 Å². The molecule has 0 spiro atoms. The van der Waals surface area contributed by atoms with E-state index in [1.54, 1.807) is 18.3 Å². The Morgan fingerprint density at radius 2 is 2.25 bits per heavy atom. The van der Waals surface area contributed by atoms with E-state index in [1.165, 1.54) is 6.07 Å². The Kier molecular flexibility index (Phi) is 3.54. The molecule has 0 radical (unpaired) electrons. The van der Waals surface area contributed by atoms with E-state index >= 15 is 0 Å². The van der Waals surface area contributed by atoms with Crippen LogP contribution in [0.25, 0.3) is 0 Å². The van der Waals surface area contributed by atoms with Crippen LogP contribution in [0.5, 0.6) is 0 Å². The third-order valence-corrected chi connectivity index (χ3v) is 3.83. The van der Waals surface area contributed by atoms with Gasteiger partial charge < -0.3 is 5.73 Å². The Morgan fingerprint density at radius 3 is 3.05 bits per heavy atom. The fraction of sp³-hybridized carbons (Fsp3) is 0.286. The number of halogens is 2. The predicted molar refractivity (Wildman–Crippen MR) is 75.7 cm³/mol. The zero-order valence-electron chi connectivity index (χ0n) is 10.8. The average molecular weight is 293 g/mol. The third-order valence-electron chi connectivity index (χ3n) is 3.48. The van der Waals surface area contributed by atoms with Crippen LogP contribution in [0.1, 0.15) is 16.8 Å². The topological polar surface area (TPSA) is 55.0 Å². The molecule has 0 aliphatic carbocycles. The van der Waals surface area contributed by atoms with Crippen molar-refractivity contribution in [1.29, 1.82) is 0 Å². The van der Waals surface area contributed by atoms with E-state index in [4.69, 9.17) is 17.3 Å². The first-order chi connectivity index (χ1) is 9.63. The maximum atomic E-state index is 13.8. The molecule has 0 bridgehead atoms. The van der Waals surface area contributed by atoms with Gasteiger partial charge in [-0.25, -0.2) is 14.4 Å². The first kappa shape index (κ1) is 13.3. The molecule has 3 rings (SSSR count). The molecule has 1 aliphatic heterocycles. The zero-order chi connectivity index (χ0) is 14.1. The predicted octanol–water partition coefficient (Wildman–Crippen LogP) is 2.41. The average Bonchev–Trinajstić information content (AvgIpc) is 2.43. The summed E-state index contributed by atoms with van der Waals surface area (Å²) in [4.78, 5) is 10.4. The fourth-order valence-corrected chi connectivity index (χ4v) is 2.65. The number of hydrogen-bond acceptors (Lipinski definition) is 4. The largest absolute Gasteiger partial charge is 0.368 e. The Labute approximate surface area is 121 Å². The van der Waals surface area contributed by atoms with Gasteiger partial charge in [-0.1, -0.05) is 17.7 Å². The minimum atomic E-state index is -0.267. The van der Waals surface area contributed by atoms with Crippen LogP contribution in [-0.4, -0.2) is 21.4 Å². The molecule has 0 fully saturated rings. The number of nitrogens with zero attached hydrogens (tertiary/aromatic N) is 3. The lowest BCUT2D eigenvalue weighted by atomic mass is 10.1. The van der Waals surface area contributed by atoms with Crippen molar-refractivity contribution in [3.05, 3.63) is 52.1 Å². The number of aromatic nitrogens is 2. The lowest BCUT2D eigenvalue weighted by Crippen LogP contribution is -2.31. The fourth-order valence-electron chi connectivity index (χ4n) is 2.43. The van der Waals surface area contributed by atoms with Gasteiger partial charge in [-0.15, -0.1) is 0 Å². The molecular weight excluding hydrogens is 279 g/mol. The summed E-state index contributed by atoms with van der Waals surface area (Å²) in [5.74, 6) is 0.0335. The monoisotopic (exact) mass is 292 g/mol. The molecule has 20 heavy (non-hydrogen) atoms. The lowest BCUT2D eigenvalue weighted by Gasteiger charge is -2.28. The summed E-state index contributed by atoms with van der Waals surface area (Å²) in [6.45, 7) is 1.96. The normalized spacial score (nSPS) is 15.1. The molecule has 0 saturated carbocycles. The highest BCUT2D eigenvalue weighted by Crippen LogP contribution is 2.24. The standard InChI is InChI=1S/C14H14ClFN4/c15-11-2-1-3-12(16)10(11)8-20-5-4-13-9(7-20)6-18-14(17)19-13/h1-3,6H,4-5,7-8H2,(H2,17,18,19). The molecule has 0 saturated heterocycles. The Hall–Kier alpha value is -1.72. The van der Waals surface area contributed by atoms with Gasteiger partial charge in [0, 0.05) is 48.4 Å². The number of fused-ring (bicyclic) bond motifs is 1. The van der Waals surface area contributed by atoms with E-state index in [0.717, 1.165) is 24.2 Å². The Morgan fingerprint density at radius 1 is 1.40 bits per heavy atom. The lowest BCUT2D eigenvalue weighted by molar-refractivity contribution is 0.240. The van der Waals surface area contributed by atoms with Gasteiger partial charge in [0.2, 0.25) is 5.95 Å². The molecule has 2 aromatic rings. The maximum Gasteiger partial charge on any atom is 0.220 e. The van der Waals surface area contributed by atoms with Gasteiger partial charge in [0.05, 0.1) is 5.69 Å². The molecule has 1 aromatic carbocycles. The van der Waals surface area contributed by atoms with E-state index in [-0.39, 0.29) is 5.82 Å². The van der Waals surface area contributed by atoms with E-state index in [2.05, 4.69) is 14.9 Å². The molecule has 104 valence electrons. The summed E-state index contributed by atoms with van der Waals surface area (Å²) in [7, 11) is 0. The van der Waals surface area contributed by atoms with Crippen LogP contribution >= 0.6 is 11.6 Å². The summed E-state index contributed by atoms with van der Waals surface area (Å²) in [5.41, 5.74) is 8.13. The summed E-state index contributed by atoms with van der Waals surface area (Å²) in [6, 6.07) is 4.76. The van der Waals surface area contributed by atoms with Gasteiger partial charge in [-0.05, 0) is 12.1 Å². The highest BCUT2D eigenvalue weighted by Gasteiger charge is 2.20. The molecule has 4 nitrogen and oxygen atoms in total. The Bertz CT molecular complexity index is 627. The van der Waals surface area contributed by atoms with Crippen molar-refractivity contribution in [3.8, 4) is 0 Å². The molecule has 0 amide bonds. The van der Waals surface area contributed by atoms with Crippen molar-refractivity contribution >= 4 is 17.5 Å². The summed E-state index contributed by atoms with van der Waals surface area (Å²) >= 11 is 6.06. The highest BCUT2D eigenvalue weighted by atomic mass is 35.5. The molecule has 1 aromatic heterocycles. The van der Waals surface area contributed by atoms with Gasteiger partial charge in [-0.3, -0.25) is 4.90 Å². The van der Waals surface area contributed by atoms with Crippen molar-refractivity contribution in [3.63, 3.8) is 0 Å². The summed E-state index contributed by atoms with van der Waals surface area (Å²) in [6.07, 6.45) is 2.53. The molecular formula is C14H14ClFN4. The second-order valence-corrected chi connectivity index (χ2v) is 5.27. The van der Waals surface area contributed by atoms with Crippen LogP contribution in [0.2, 0.25) is 5.02 Å². The summed E-state index contributed by atoms with van der Waals surface area (Å²) in [5, 5.41) is 0.462. The number of anilines is 1. The van der Waals surface area contributed by atoms with Crippen LogP contribution in [0.15, 0.2) is 24.4 Å². The van der Waals surface area contributed by atoms with Gasteiger partial charge in [0.25, 0.3) is 0 Å². The van der Waals surface area contributed by atoms with E-state index in [9.17, 15) is 4.39 Å². The molecule has 0 atom stereocenters. The molecule has 0 unspecified atom stereocenters. The second kappa shape index (κ2) is 5.34.